The molecule has 2 heterocycles. The molecule has 0 saturated carbocycles. The summed E-state index contributed by atoms with van der Waals surface area (Å²) in [6.45, 7) is 0. The second kappa shape index (κ2) is 9.07. The minimum Gasteiger partial charge on any atom is -0.493 e. The normalized spacial score (nSPS) is 21.0. The van der Waals surface area contributed by atoms with E-state index in [1.54, 1.807) is 42.5 Å². The van der Waals surface area contributed by atoms with Crippen LogP contribution < -0.4 is 9.47 Å². The first kappa shape index (κ1) is 23.5. The molecule has 1 fully saturated rings. The van der Waals surface area contributed by atoms with Gasteiger partial charge in [0.15, 0.2) is 22.7 Å². The Morgan fingerprint density at radius 3 is 2.33 bits per heavy atom. The molecule has 178 valence electrons. The van der Waals surface area contributed by atoms with Crippen molar-refractivity contribution in [3.05, 3.63) is 100 Å². The number of nitriles is 2. The zero-order valence-corrected chi connectivity index (χ0v) is 20.4. The van der Waals surface area contributed by atoms with Crippen molar-refractivity contribution in [3.63, 3.8) is 0 Å². The number of nitrogens with zero attached hydrogens (tertiary/aromatic N) is 3. The number of hydrogen-bond donors (Lipinski definition) is 0. The molecule has 2 aliphatic heterocycles. The van der Waals surface area contributed by atoms with Crippen LogP contribution in [0.4, 0.5) is 0 Å². The van der Waals surface area contributed by atoms with E-state index in [1.165, 1.54) is 14.2 Å². The molecular formula is C29H22ClN3O3. The van der Waals surface area contributed by atoms with Crippen LogP contribution in [0.3, 0.4) is 0 Å². The van der Waals surface area contributed by atoms with E-state index in [-0.39, 0.29) is 5.78 Å². The fourth-order valence-electron chi connectivity index (χ4n) is 5.50. The van der Waals surface area contributed by atoms with Crippen LogP contribution in [0, 0.1) is 28.1 Å². The first-order chi connectivity index (χ1) is 17.5. The molecule has 0 N–H and O–H groups in total. The van der Waals surface area contributed by atoms with Gasteiger partial charge in [0.05, 0.1) is 32.4 Å². The maximum absolute atomic E-state index is 14.2. The molecule has 1 saturated heterocycles. The number of fused-ring (bicyclic) bond motifs is 3. The number of benzene rings is 3. The molecule has 36 heavy (non-hydrogen) atoms. The second-order valence-corrected chi connectivity index (χ2v) is 9.23. The zero-order chi connectivity index (χ0) is 25.4. The summed E-state index contributed by atoms with van der Waals surface area (Å²) in [7, 11) is 3.04. The van der Waals surface area contributed by atoms with Gasteiger partial charge in [0.2, 0.25) is 0 Å². The van der Waals surface area contributed by atoms with Crippen LogP contribution in [-0.2, 0) is 0 Å². The molecule has 0 spiro atoms. The van der Waals surface area contributed by atoms with Crippen LogP contribution in [0.1, 0.15) is 39.0 Å². The minimum absolute atomic E-state index is 0.225. The van der Waals surface area contributed by atoms with Crippen molar-refractivity contribution < 1.29 is 14.3 Å². The number of ether oxygens (including phenoxy) is 2. The van der Waals surface area contributed by atoms with Crippen LogP contribution in [0.5, 0.6) is 11.5 Å². The first-order valence-electron chi connectivity index (χ1n) is 11.4. The molecule has 0 amide bonds. The Kier molecular flexibility index (Phi) is 5.92. The summed E-state index contributed by atoms with van der Waals surface area (Å²) >= 11 is 6.16. The Balaban J connectivity index is 1.74. The number of carbonyl (C=O) groups excluding carboxylic acids is 1. The number of carbonyl (C=O) groups is 1. The Morgan fingerprint density at radius 2 is 1.67 bits per heavy atom. The summed E-state index contributed by atoms with van der Waals surface area (Å²) < 4.78 is 10.8. The molecule has 0 bridgehead atoms. The summed E-state index contributed by atoms with van der Waals surface area (Å²) in [5.41, 5.74) is 1.31. The van der Waals surface area contributed by atoms with Gasteiger partial charge in [-0.3, -0.25) is 4.79 Å². The number of hydrogen-bond acceptors (Lipinski definition) is 6. The monoisotopic (exact) mass is 495 g/mol. The van der Waals surface area contributed by atoms with E-state index in [4.69, 9.17) is 21.1 Å². The zero-order valence-electron chi connectivity index (χ0n) is 19.7. The fraction of sp³-hybridized carbons (Fsp3) is 0.207. The van der Waals surface area contributed by atoms with Gasteiger partial charge >= 0.3 is 0 Å². The summed E-state index contributed by atoms with van der Waals surface area (Å²) in [6.07, 6.45) is 3.75. The van der Waals surface area contributed by atoms with Crippen molar-refractivity contribution in [2.75, 3.05) is 14.2 Å². The van der Waals surface area contributed by atoms with Crippen LogP contribution in [-0.4, -0.2) is 30.9 Å². The van der Waals surface area contributed by atoms with Gasteiger partial charge in [0.1, 0.15) is 6.04 Å². The molecule has 3 atom stereocenters. The Morgan fingerprint density at radius 1 is 0.972 bits per heavy atom. The lowest BCUT2D eigenvalue weighted by Gasteiger charge is -2.34. The Hall–Kier alpha value is -4.26. The smallest absolute Gasteiger partial charge is 0.186 e. The van der Waals surface area contributed by atoms with Gasteiger partial charge in [-0.15, -0.1) is 0 Å². The van der Waals surface area contributed by atoms with E-state index >= 15 is 0 Å². The number of halogens is 1. The average Bonchev–Trinajstić information content (AvgIpc) is 3.23. The highest BCUT2D eigenvalue weighted by Crippen LogP contribution is 2.60. The summed E-state index contributed by atoms with van der Waals surface area (Å²) in [6, 6.07) is 22.9. The fourth-order valence-corrected chi connectivity index (χ4v) is 5.62. The Bertz CT molecular complexity index is 1440. The van der Waals surface area contributed by atoms with Gasteiger partial charge in [0, 0.05) is 22.7 Å². The van der Waals surface area contributed by atoms with Gasteiger partial charge in [-0.05, 0) is 53.1 Å². The SMILES string of the molecule is COc1ccc(C(=O)[C@@H]2[C@@H](c3ccc(Cl)cc3)C(C#N)(C#N)[C@H]3c4ccccc4C=CN23)cc1OC. The average molecular weight is 496 g/mol. The highest BCUT2D eigenvalue weighted by molar-refractivity contribution is 6.30. The number of methoxy groups -OCH3 is 2. The molecular weight excluding hydrogens is 474 g/mol. The van der Waals surface area contributed by atoms with Crippen LogP contribution >= 0.6 is 11.6 Å². The third kappa shape index (κ3) is 3.42. The quantitative estimate of drug-likeness (QED) is 0.418. The minimum atomic E-state index is -1.54. The second-order valence-electron chi connectivity index (χ2n) is 8.80. The van der Waals surface area contributed by atoms with E-state index in [0.29, 0.717) is 27.6 Å². The molecule has 0 aromatic heterocycles. The summed E-state index contributed by atoms with van der Waals surface area (Å²) in [5.74, 6) is -0.0430. The standard InChI is InChI=1S/C29H22ClN3O3/c1-35-23-12-9-20(15-24(23)36-2)27(34)26-25(19-7-10-21(30)11-8-19)29(16-31,17-32)28-22-6-4-3-5-18(22)13-14-33(26)28/h3-15,25-26,28H,1-2H3/t25-,26+,28-/m1/s1. The van der Waals surface area contributed by atoms with Crippen LogP contribution in [0.25, 0.3) is 6.08 Å². The lowest BCUT2D eigenvalue weighted by Crippen LogP contribution is -2.37. The van der Waals surface area contributed by atoms with Crippen LogP contribution in [0.2, 0.25) is 5.02 Å². The molecule has 3 aromatic carbocycles. The molecule has 0 unspecified atom stereocenters. The largest absolute Gasteiger partial charge is 0.493 e. The van der Waals surface area contributed by atoms with E-state index in [0.717, 1.165) is 11.1 Å². The van der Waals surface area contributed by atoms with Gasteiger partial charge in [-0.25, -0.2) is 0 Å². The highest BCUT2D eigenvalue weighted by Gasteiger charge is 2.63. The van der Waals surface area contributed by atoms with Crippen molar-refractivity contribution in [1.29, 1.82) is 10.5 Å². The number of rotatable bonds is 5. The third-order valence-corrected chi connectivity index (χ3v) is 7.36. The van der Waals surface area contributed by atoms with Gasteiger partial charge in [-0.2, -0.15) is 10.5 Å². The van der Waals surface area contributed by atoms with Crippen molar-refractivity contribution in [2.45, 2.75) is 18.0 Å². The molecule has 5 rings (SSSR count). The summed E-state index contributed by atoms with van der Waals surface area (Å²) in [4.78, 5) is 16.1. The predicted molar refractivity (Wildman–Crippen MR) is 136 cm³/mol. The highest BCUT2D eigenvalue weighted by atomic mass is 35.5. The van der Waals surface area contributed by atoms with Crippen molar-refractivity contribution in [3.8, 4) is 23.6 Å². The Labute approximate surface area is 214 Å². The molecule has 6 nitrogen and oxygen atoms in total. The maximum atomic E-state index is 14.2. The van der Waals surface area contributed by atoms with E-state index < -0.39 is 23.4 Å². The van der Waals surface area contributed by atoms with Crippen molar-refractivity contribution in [1.82, 2.24) is 4.90 Å². The summed E-state index contributed by atoms with van der Waals surface area (Å²) in [5, 5.41) is 21.7. The van der Waals surface area contributed by atoms with Crippen molar-refractivity contribution in [2.24, 2.45) is 5.41 Å². The van der Waals surface area contributed by atoms with Gasteiger partial charge in [0.25, 0.3) is 0 Å². The molecule has 0 radical (unpaired) electrons. The van der Waals surface area contributed by atoms with E-state index in [1.807, 2.05) is 41.4 Å². The maximum Gasteiger partial charge on any atom is 0.186 e. The predicted octanol–water partition coefficient (Wildman–Crippen LogP) is 5.77. The number of Topliss-reactive ketones (excluding diaryl/α,β-unsaturated/α-hetero) is 1. The molecule has 3 aromatic rings. The van der Waals surface area contributed by atoms with Crippen molar-refractivity contribution >= 4 is 23.5 Å². The van der Waals surface area contributed by atoms with Crippen LogP contribution in [0.15, 0.2) is 72.9 Å². The number of ketones is 1. The molecule has 7 heteroatoms. The van der Waals surface area contributed by atoms with Gasteiger partial charge in [-0.1, -0.05) is 48.0 Å². The lowest BCUT2D eigenvalue weighted by atomic mass is 9.67. The molecule has 2 aliphatic rings. The topological polar surface area (TPSA) is 86.3 Å². The first-order valence-corrected chi connectivity index (χ1v) is 11.8. The van der Waals surface area contributed by atoms with E-state index in [2.05, 4.69) is 12.1 Å². The lowest BCUT2D eigenvalue weighted by molar-refractivity contribution is 0.0874. The third-order valence-electron chi connectivity index (χ3n) is 7.11. The molecule has 0 aliphatic carbocycles. The van der Waals surface area contributed by atoms with Gasteiger partial charge < -0.3 is 14.4 Å². The van der Waals surface area contributed by atoms with E-state index in [9.17, 15) is 15.3 Å².